The number of para-hydroxylation sites is 1. The van der Waals surface area contributed by atoms with Gasteiger partial charge in [0.05, 0.1) is 17.7 Å². The minimum absolute atomic E-state index is 0.124. The molecule has 2 aromatic rings. The molecule has 1 fully saturated rings. The first-order chi connectivity index (χ1) is 10.6. The number of carbonyl (C=O) groups excluding carboxylic acids is 1. The van der Waals surface area contributed by atoms with Gasteiger partial charge in [0.1, 0.15) is 11.3 Å². The van der Waals surface area contributed by atoms with Crippen LogP contribution in [0.5, 0.6) is 0 Å². The Morgan fingerprint density at radius 1 is 1.59 bits per heavy atom. The molecule has 1 amide bonds. The number of amides is 1. The van der Waals surface area contributed by atoms with Crippen LogP contribution in [-0.4, -0.2) is 45.8 Å². The SMILES string of the molecule is Cn1c(CCNC(=O)C2CC(O)CN2)nc2c(F)cccc21. The highest BCUT2D eigenvalue weighted by molar-refractivity contribution is 5.82. The van der Waals surface area contributed by atoms with Crippen LogP contribution < -0.4 is 10.6 Å². The first-order valence-corrected chi connectivity index (χ1v) is 7.35. The van der Waals surface area contributed by atoms with Gasteiger partial charge in [-0.3, -0.25) is 4.79 Å². The number of fused-ring (bicyclic) bond motifs is 1. The first-order valence-electron chi connectivity index (χ1n) is 7.35. The van der Waals surface area contributed by atoms with Gasteiger partial charge in [0.2, 0.25) is 5.91 Å². The Morgan fingerprint density at radius 3 is 3.09 bits per heavy atom. The molecular formula is C15H19FN4O2. The largest absolute Gasteiger partial charge is 0.392 e. The zero-order valence-electron chi connectivity index (χ0n) is 12.3. The number of halogens is 1. The molecule has 1 aliphatic heterocycles. The highest BCUT2D eigenvalue weighted by Crippen LogP contribution is 2.18. The van der Waals surface area contributed by atoms with Gasteiger partial charge in [-0.05, 0) is 18.6 Å². The van der Waals surface area contributed by atoms with Gasteiger partial charge in [-0.25, -0.2) is 9.37 Å². The summed E-state index contributed by atoms with van der Waals surface area (Å²) in [5.74, 6) is 0.258. The number of rotatable bonds is 4. The Balaban J connectivity index is 1.61. The van der Waals surface area contributed by atoms with E-state index in [2.05, 4.69) is 15.6 Å². The van der Waals surface area contributed by atoms with Gasteiger partial charge in [0.25, 0.3) is 0 Å². The van der Waals surface area contributed by atoms with Crippen molar-refractivity contribution in [2.24, 2.45) is 7.05 Å². The van der Waals surface area contributed by atoms with Crippen LogP contribution in [-0.2, 0) is 18.3 Å². The minimum Gasteiger partial charge on any atom is -0.392 e. The van der Waals surface area contributed by atoms with Crippen molar-refractivity contribution in [2.75, 3.05) is 13.1 Å². The normalized spacial score (nSPS) is 21.4. The van der Waals surface area contributed by atoms with Crippen LogP contribution in [0.15, 0.2) is 18.2 Å². The summed E-state index contributed by atoms with van der Waals surface area (Å²) in [5.41, 5.74) is 1.09. The molecule has 0 spiro atoms. The summed E-state index contributed by atoms with van der Waals surface area (Å²) in [6.45, 7) is 0.869. The molecular weight excluding hydrogens is 287 g/mol. The maximum absolute atomic E-state index is 13.7. The van der Waals surface area contributed by atoms with Crippen molar-refractivity contribution in [3.05, 3.63) is 29.8 Å². The van der Waals surface area contributed by atoms with Gasteiger partial charge >= 0.3 is 0 Å². The van der Waals surface area contributed by atoms with Crippen molar-refractivity contribution < 1.29 is 14.3 Å². The average molecular weight is 306 g/mol. The van der Waals surface area contributed by atoms with E-state index in [1.54, 1.807) is 6.07 Å². The van der Waals surface area contributed by atoms with E-state index in [1.807, 2.05) is 17.7 Å². The van der Waals surface area contributed by atoms with E-state index in [-0.39, 0.29) is 17.8 Å². The topological polar surface area (TPSA) is 79.2 Å². The Hall–Kier alpha value is -1.99. The number of hydrogen-bond acceptors (Lipinski definition) is 4. The summed E-state index contributed by atoms with van der Waals surface area (Å²) in [7, 11) is 1.83. The first kappa shape index (κ1) is 14.9. The quantitative estimate of drug-likeness (QED) is 0.748. The number of aryl methyl sites for hydroxylation is 1. The third-order valence-electron chi connectivity index (χ3n) is 4.03. The molecule has 3 rings (SSSR count). The predicted molar refractivity (Wildman–Crippen MR) is 79.8 cm³/mol. The summed E-state index contributed by atoms with van der Waals surface area (Å²) in [4.78, 5) is 16.2. The van der Waals surface area contributed by atoms with Gasteiger partial charge in [-0.1, -0.05) is 6.07 Å². The predicted octanol–water partition coefficient (Wildman–Crippen LogP) is 0.0939. The van der Waals surface area contributed by atoms with Crippen LogP contribution in [0.4, 0.5) is 4.39 Å². The van der Waals surface area contributed by atoms with E-state index in [4.69, 9.17) is 0 Å². The summed E-state index contributed by atoms with van der Waals surface area (Å²) in [6.07, 6.45) is 0.494. The number of nitrogens with one attached hydrogen (secondary N) is 2. The number of aliphatic hydroxyl groups excluding tert-OH is 1. The van der Waals surface area contributed by atoms with Gasteiger partial charge in [0, 0.05) is 26.6 Å². The Bertz CT molecular complexity index is 700. The van der Waals surface area contributed by atoms with Crippen molar-refractivity contribution in [2.45, 2.75) is 25.0 Å². The van der Waals surface area contributed by atoms with Gasteiger partial charge < -0.3 is 20.3 Å². The summed E-state index contributed by atoms with van der Waals surface area (Å²) in [5, 5.41) is 15.2. The molecule has 2 atom stereocenters. The van der Waals surface area contributed by atoms with Crippen LogP contribution in [0.1, 0.15) is 12.2 Å². The lowest BCUT2D eigenvalue weighted by molar-refractivity contribution is -0.122. The standard InChI is InChI=1S/C15H19FN4O2/c1-20-12-4-2-3-10(16)14(12)19-13(20)5-6-17-15(22)11-7-9(21)8-18-11/h2-4,9,11,18,21H,5-8H2,1H3,(H,17,22). The zero-order valence-corrected chi connectivity index (χ0v) is 12.3. The van der Waals surface area contributed by atoms with Crippen molar-refractivity contribution in [1.82, 2.24) is 20.2 Å². The molecule has 1 aliphatic rings. The molecule has 6 nitrogen and oxygen atoms in total. The van der Waals surface area contributed by atoms with Crippen molar-refractivity contribution in [1.29, 1.82) is 0 Å². The number of benzene rings is 1. The van der Waals surface area contributed by atoms with E-state index in [9.17, 15) is 14.3 Å². The van der Waals surface area contributed by atoms with Crippen LogP contribution in [0.3, 0.4) is 0 Å². The Labute approximate surface area is 127 Å². The molecule has 0 radical (unpaired) electrons. The van der Waals surface area contributed by atoms with E-state index in [0.717, 1.165) is 11.3 Å². The second-order valence-corrected chi connectivity index (χ2v) is 5.59. The Morgan fingerprint density at radius 2 is 2.41 bits per heavy atom. The lowest BCUT2D eigenvalue weighted by atomic mass is 10.2. The van der Waals surface area contributed by atoms with Crippen molar-refractivity contribution in [3.8, 4) is 0 Å². The number of imidazole rings is 1. The molecule has 2 heterocycles. The fourth-order valence-corrected chi connectivity index (χ4v) is 2.79. The van der Waals surface area contributed by atoms with Gasteiger partial charge in [-0.2, -0.15) is 0 Å². The van der Waals surface area contributed by atoms with E-state index >= 15 is 0 Å². The molecule has 22 heavy (non-hydrogen) atoms. The number of nitrogens with zero attached hydrogens (tertiary/aromatic N) is 2. The second kappa shape index (κ2) is 6.02. The van der Waals surface area contributed by atoms with Crippen LogP contribution >= 0.6 is 0 Å². The molecule has 3 N–H and O–H groups in total. The maximum Gasteiger partial charge on any atom is 0.237 e. The molecule has 7 heteroatoms. The monoisotopic (exact) mass is 306 g/mol. The van der Waals surface area contributed by atoms with Crippen LogP contribution in [0.2, 0.25) is 0 Å². The number of β-amino-alcohol motifs (C(OH)–C–C–N with tert-alkyl or cyclic N) is 1. The molecule has 118 valence electrons. The van der Waals surface area contributed by atoms with Crippen LogP contribution in [0.25, 0.3) is 11.0 Å². The van der Waals surface area contributed by atoms with E-state index in [1.165, 1.54) is 6.07 Å². The molecule has 0 aliphatic carbocycles. The van der Waals surface area contributed by atoms with Gasteiger partial charge in [0.15, 0.2) is 5.82 Å². The van der Waals surface area contributed by atoms with Gasteiger partial charge in [-0.15, -0.1) is 0 Å². The Kier molecular flexibility index (Phi) is 4.08. The third-order valence-corrected chi connectivity index (χ3v) is 4.03. The van der Waals surface area contributed by atoms with Crippen molar-refractivity contribution >= 4 is 16.9 Å². The maximum atomic E-state index is 13.7. The number of aliphatic hydroxyl groups is 1. The summed E-state index contributed by atoms with van der Waals surface area (Å²) < 4.78 is 15.5. The number of aromatic nitrogens is 2. The molecule has 1 saturated heterocycles. The third kappa shape index (κ3) is 2.82. The molecule has 0 saturated carbocycles. The van der Waals surface area contributed by atoms with E-state index in [0.29, 0.717) is 31.4 Å². The highest BCUT2D eigenvalue weighted by Gasteiger charge is 2.27. The molecule has 1 aromatic carbocycles. The minimum atomic E-state index is -0.460. The fourth-order valence-electron chi connectivity index (χ4n) is 2.79. The molecule has 2 unspecified atom stereocenters. The van der Waals surface area contributed by atoms with Crippen LogP contribution in [0, 0.1) is 5.82 Å². The molecule has 1 aromatic heterocycles. The number of carbonyl (C=O) groups is 1. The van der Waals surface area contributed by atoms with Crippen molar-refractivity contribution in [3.63, 3.8) is 0 Å². The van der Waals surface area contributed by atoms with E-state index < -0.39 is 6.10 Å². The molecule has 0 bridgehead atoms. The fraction of sp³-hybridized carbons (Fsp3) is 0.467. The lowest BCUT2D eigenvalue weighted by Crippen LogP contribution is -2.41. The zero-order chi connectivity index (χ0) is 15.7. The average Bonchev–Trinajstić information content (AvgIpc) is 3.06. The summed E-state index contributed by atoms with van der Waals surface area (Å²) >= 11 is 0. The highest BCUT2D eigenvalue weighted by atomic mass is 19.1. The number of hydrogen-bond donors (Lipinski definition) is 3. The summed E-state index contributed by atoms with van der Waals surface area (Å²) in [6, 6.07) is 4.52. The second-order valence-electron chi connectivity index (χ2n) is 5.59. The lowest BCUT2D eigenvalue weighted by Gasteiger charge is -2.10. The smallest absolute Gasteiger partial charge is 0.237 e.